The number of carbonyl (C=O) groups is 7. The van der Waals surface area contributed by atoms with Gasteiger partial charge in [0, 0.05) is 41.4 Å². The fourth-order valence-electron chi connectivity index (χ4n) is 6.40. The van der Waals surface area contributed by atoms with Crippen molar-refractivity contribution in [3.8, 4) is 5.75 Å². The van der Waals surface area contributed by atoms with E-state index < -0.39 is 95.7 Å². The third-order valence-corrected chi connectivity index (χ3v) is 10.8. The van der Waals surface area contributed by atoms with Crippen LogP contribution in [0.2, 0.25) is 0 Å². The zero-order valence-electron chi connectivity index (χ0n) is 34.9. The van der Waals surface area contributed by atoms with Crippen LogP contribution in [0.1, 0.15) is 51.2 Å². The minimum atomic E-state index is -1.44. The largest absolute Gasteiger partial charge is 0.508 e. The highest BCUT2D eigenvalue weighted by Crippen LogP contribution is 2.20. The van der Waals surface area contributed by atoms with Crippen LogP contribution < -0.4 is 49.1 Å². The number of carbonyl (C=O) groups excluding carboxylic acids is 7. The zero-order valence-corrected chi connectivity index (χ0v) is 36.7. The van der Waals surface area contributed by atoms with Gasteiger partial charge in [0.15, 0.2) is 0 Å². The number of primary amides is 1. The molecule has 0 aliphatic rings. The molecule has 0 aliphatic carbocycles. The lowest BCUT2D eigenvalue weighted by molar-refractivity contribution is -0.136. The van der Waals surface area contributed by atoms with E-state index in [-0.39, 0.29) is 36.5 Å². The summed E-state index contributed by atoms with van der Waals surface area (Å²) in [5, 5.41) is 36.2. The first-order chi connectivity index (χ1) is 29.4. The average Bonchev–Trinajstić information content (AvgIpc) is 3.65. The van der Waals surface area contributed by atoms with E-state index in [1.165, 1.54) is 19.1 Å². The van der Waals surface area contributed by atoms with Crippen LogP contribution in [0.25, 0.3) is 10.9 Å². The van der Waals surface area contributed by atoms with Gasteiger partial charge in [-0.05, 0) is 68.0 Å². The molecule has 19 nitrogen and oxygen atoms in total. The first-order valence-corrected chi connectivity index (χ1v) is 21.5. The number of fused-ring (bicyclic) bond motifs is 1. The van der Waals surface area contributed by atoms with Gasteiger partial charge in [-0.25, -0.2) is 0 Å². The van der Waals surface area contributed by atoms with Crippen molar-refractivity contribution in [1.29, 1.82) is 0 Å². The van der Waals surface area contributed by atoms with Gasteiger partial charge >= 0.3 is 0 Å². The summed E-state index contributed by atoms with van der Waals surface area (Å²) in [6.45, 7) is 4.86. The molecule has 0 aliphatic heterocycles. The van der Waals surface area contributed by atoms with E-state index in [2.05, 4.69) is 62.1 Å². The second-order valence-electron chi connectivity index (χ2n) is 15.3. The van der Waals surface area contributed by atoms with Crippen molar-refractivity contribution in [2.75, 3.05) is 18.1 Å². The number of hydrogen-bond acceptors (Lipinski definition) is 13. The first kappa shape index (κ1) is 51.0. The molecule has 3 rings (SSSR count). The normalized spacial score (nSPS) is 15.2. The number of nitrogens with one attached hydrogen (secondary N) is 7. The number of rotatable bonds is 25. The van der Waals surface area contributed by atoms with Gasteiger partial charge in [-0.3, -0.25) is 33.6 Å². The molecule has 0 radical (unpaired) electrons. The summed E-state index contributed by atoms with van der Waals surface area (Å²) in [5.41, 5.74) is 19.0. The summed E-state index contributed by atoms with van der Waals surface area (Å²) < 4.78 is 0. The maximum atomic E-state index is 14.4. The molecule has 21 heteroatoms. The number of benzene rings is 2. The summed E-state index contributed by atoms with van der Waals surface area (Å²) in [6, 6.07) is 4.56. The van der Waals surface area contributed by atoms with Gasteiger partial charge in [-0.1, -0.05) is 44.2 Å². The van der Waals surface area contributed by atoms with Crippen LogP contribution in [0.3, 0.4) is 0 Å². The molecule has 0 spiro atoms. The SMILES string of the molecule is CC(C)[C@H](NC(=O)[C@H](CCCCN)NC(=O)[C@H](Cc1c[nH]c2ccccc12)NC(=O)[C@H](Cc1ccc(O)cc1)NC(=O)[C@@H](N)CS)C(=O)N[C@@H](CS)C(=O)N[C@H](C(N)=O)[C@@H](C)O. The van der Waals surface area contributed by atoms with Gasteiger partial charge in [0.05, 0.1) is 12.1 Å². The van der Waals surface area contributed by atoms with Crippen LogP contribution >= 0.6 is 25.3 Å². The number of para-hydroxylation sites is 1. The van der Waals surface area contributed by atoms with Crippen molar-refractivity contribution >= 4 is 77.5 Å². The van der Waals surface area contributed by atoms with Gasteiger partial charge in [0.1, 0.15) is 42.0 Å². The molecule has 0 unspecified atom stereocenters. The van der Waals surface area contributed by atoms with Crippen molar-refractivity contribution in [2.24, 2.45) is 23.1 Å². The number of aromatic amines is 1. The minimum absolute atomic E-state index is 0.00492. The monoisotopic (exact) mass is 900 g/mol. The lowest BCUT2D eigenvalue weighted by Crippen LogP contribution is -2.61. The van der Waals surface area contributed by atoms with Gasteiger partial charge in [0.2, 0.25) is 41.4 Å². The molecule has 3 aromatic rings. The van der Waals surface area contributed by atoms with Crippen molar-refractivity contribution in [1.82, 2.24) is 36.9 Å². The fourth-order valence-corrected chi connectivity index (χ4v) is 6.83. The molecular weight excluding hydrogens is 841 g/mol. The summed E-state index contributed by atoms with van der Waals surface area (Å²) in [4.78, 5) is 97.1. The van der Waals surface area contributed by atoms with Gasteiger partial charge in [-0.15, -0.1) is 0 Å². The lowest BCUT2D eigenvalue weighted by atomic mass is 10.00. The van der Waals surface area contributed by atoms with Gasteiger partial charge in [0.25, 0.3) is 0 Å². The Morgan fingerprint density at radius 1 is 0.677 bits per heavy atom. The molecule has 340 valence electrons. The predicted octanol–water partition coefficient (Wildman–Crippen LogP) is -1.59. The Balaban J connectivity index is 1.93. The molecule has 0 saturated carbocycles. The van der Waals surface area contributed by atoms with Crippen molar-refractivity contribution < 1.29 is 43.8 Å². The number of thiol groups is 2. The predicted molar refractivity (Wildman–Crippen MR) is 240 cm³/mol. The number of nitrogens with two attached hydrogens (primary N) is 3. The first-order valence-electron chi connectivity index (χ1n) is 20.2. The number of unbranched alkanes of at least 4 members (excludes halogenated alkanes) is 1. The molecule has 0 saturated heterocycles. The van der Waals surface area contributed by atoms with E-state index in [0.29, 0.717) is 30.5 Å². The molecule has 62 heavy (non-hydrogen) atoms. The number of amides is 7. The Morgan fingerprint density at radius 2 is 1.23 bits per heavy atom. The zero-order chi connectivity index (χ0) is 46.1. The van der Waals surface area contributed by atoms with Crippen LogP contribution in [-0.2, 0) is 46.4 Å². The standard InChI is InChI=1S/C41H60N10O9S2/c1-21(2)33(41(60)49-32(20-62)40(59)51-34(22(3)52)35(44)54)50-37(56)29(10-6-7-15-42)46-39(58)31(17-24-18-45-28-9-5-4-8-26(24)28)48-38(57)30(47-36(55)27(43)19-61)16-23-11-13-25(53)14-12-23/h4-5,8-9,11-14,18,21-22,27,29-34,45,52-53,61-62H,6-7,10,15-17,19-20,42-43H2,1-3H3,(H2,44,54)(H,46,58)(H,47,55)(H,48,57)(H,49,60)(H,50,56)(H,51,59)/t22-,27+,29+,30+,31+,32+,33+,34+/m1/s1. The number of hydrogen-bond donors (Lipinski definition) is 14. The van der Waals surface area contributed by atoms with Gasteiger partial charge in [-0.2, -0.15) is 25.3 Å². The third-order valence-electron chi connectivity index (χ3n) is 10.0. The van der Waals surface area contributed by atoms with E-state index in [9.17, 15) is 43.8 Å². The Bertz CT molecular complexity index is 2000. The van der Waals surface area contributed by atoms with Crippen LogP contribution in [0.4, 0.5) is 0 Å². The molecule has 0 fully saturated rings. The Kier molecular flexibility index (Phi) is 20.5. The number of phenolic OH excluding ortho intramolecular Hbond substituents is 1. The van der Waals surface area contributed by atoms with Crippen molar-refractivity contribution in [2.45, 2.75) is 101 Å². The lowest BCUT2D eigenvalue weighted by Gasteiger charge is -2.29. The molecule has 15 N–H and O–H groups in total. The number of aliphatic hydroxyl groups excluding tert-OH is 1. The highest BCUT2D eigenvalue weighted by Gasteiger charge is 2.35. The quantitative estimate of drug-likeness (QED) is 0.0340. The van der Waals surface area contributed by atoms with Crippen LogP contribution in [0.15, 0.2) is 54.7 Å². The van der Waals surface area contributed by atoms with Crippen molar-refractivity contribution in [3.05, 3.63) is 65.9 Å². The minimum Gasteiger partial charge on any atom is -0.508 e. The Morgan fingerprint density at radius 3 is 1.81 bits per heavy atom. The van der Waals surface area contributed by atoms with E-state index in [1.807, 2.05) is 24.3 Å². The summed E-state index contributed by atoms with van der Waals surface area (Å²) in [7, 11) is 0. The van der Waals surface area contributed by atoms with E-state index in [4.69, 9.17) is 17.2 Å². The number of aromatic hydroxyl groups is 1. The van der Waals surface area contributed by atoms with E-state index >= 15 is 0 Å². The Hall–Kier alpha value is -5.35. The highest BCUT2D eigenvalue weighted by molar-refractivity contribution is 7.80. The third kappa shape index (κ3) is 15.2. The van der Waals surface area contributed by atoms with E-state index in [0.717, 1.165) is 10.9 Å². The molecule has 7 amide bonds. The molecule has 2 aromatic carbocycles. The maximum absolute atomic E-state index is 14.4. The van der Waals surface area contributed by atoms with Gasteiger partial charge < -0.3 is 64.3 Å². The topological polar surface area (TPSA) is 326 Å². The molecule has 0 bridgehead atoms. The van der Waals surface area contributed by atoms with Crippen molar-refractivity contribution in [3.63, 3.8) is 0 Å². The molecule has 8 atom stereocenters. The number of aliphatic hydroxyl groups is 1. The second kappa shape index (κ2) is 24.9. The van der Waals surface area contributed by atoms with Crippen LogP contribution in [0.5, 0.6) is 5.75 Å². The second-order valence-corrected chi connectivity index (χ2v) is 16.0. The number of H-pyrrole nitrogens is 1. The highest BCUT2D eigenvalue weighted by atomic mass is 32.1. The summed E-state index contributed by atoms with van der Waals surface area (Å²) in [5.74, 6) is -6.28. The molecular formula is C41H60N10O9S2. The van der Waals surface area contributed by atoms with Crippen LogP contribution in [0, 0.1) is 5.92 Å². The smallest absolute Gasteiger partial charge is 0.244 e. The number of phenols is 1. The maximum Gasteiger partial charge on any atom is 0.244 e. The average molecular weight is 901 g/mol. The number of aromatic nitrogens is 1. The molecule has 1 aromatic heterocycles. The fraction of sp³-hybridized carbons (Fsp3) is 0.488. The van der Waals surface area contributed by atoms with Crippen LogP contribution in [-0.4, -0.2) is 123 Å². The summed E-state index contributed by atoms with van der Waals surface area (Å²) >= 11 is 8.26. The Labute approximate surface area is 371 Å². The molecule has 1 heterocycles. The van der Waals surface area contributed by atoms with E-state index in [1.54, 1.807) is 32.2 Å². The summed E-state index contributed by atoms with van der Waals surface area (Å²) in [6.07, 6.45) is 1.26.